The largest absolute Gasteiger partial charge is 0.326 e. The predicted molar refractivity (Wildman–Crippen MR) is 111 cm³/mol. The summed E-state index contributed by atoms with van der Waals surface area (Å²) in [5.41, 5.74) is 1.50. The molecule has 28 heavy (non-hydrogen) atoms. The fourth-order valence-electron chi connectivity index (χ4n) is 3.19. The van der Waals surface area contributed by atoms with E-state index in [1.54, 1.807) is 28.8 Å². The van der Waals surface area contributed by atoms with Crippen LogP contribution in [0.15, 0.2) is 40.5 Å². The van der Waals surface area contributed by atoms with Crippen LogP contribution in [0, 0.1) is 0 Å². The van der Waals surface area contributed by atoms with Crippen molar-refractivity contribution in [3.63, 3.8) is 0 Å². The van der Waals surface area contributed by atoms with Gasteiger partial charge in [-0.05, 0) is 49.1 Å². The molecule has 1 amide bonds. The normalized spacial score (nSPS) is 11.4. The molecule has 0 atom stereocenters. The van der Waals surface area contributed by atoms with Gasteiger partial charge >= 0.3 is 0 Å². The minimum atomic E-state index is -0.0673. The smallest absolute Gasteiger partial charge is 0.272 e. The number of aromatic nitrogens is 4. The Kier molecular flexibility index (Phi) is 5.15. The van der Waals surface area contributed by atoms with Crippen molar-refractivity contribution in [1.29, 1.82) is 0 Å². The lowest BCUT2D eigenvalue weighted by Gasteiger charge is -2.07. The van der Waals surface area contributed by atoms with Crippen molar-refractivity contribution in [3.05, 3.63) is 56.9 Å². The van der Waals surface area contributed by atoms with Crippen LogP contribution in [0.4, 0.5) is 5.69 Å². The van der Waals surface area contributed by atoms with Gasteiger partial charge in [-0.3, -0.25) is 18.6 Å². The van der Waals surface area contributed by atoms with Crippen LogP contribution in [0.5, 0.6) is 0 Å². The molecule has 9 heteroatoms. The number of nitrogens with zero attached hydrogens (tertiary/aromatic N) is 4. The van der Waals surface area contributed by atoms with Crippen LogP contribution in [0.2, 0.25) is 5.02 Å². The van der Waals surface area contributed by atoms with Crippen molar-refractivity contribution >= 4 is 50.5 Å². The summed E-state index contributed by atoms with van der Waals surface area (Å²) in [4.78, 5) is 24.7. The van der Waals surface area contributed by atoms with E-state index in [1.165, 1.54) is 11.3 Å². The first-order valence-electron chi connectivity index (χ1n) is 8.98. The predicted octanol–water partition coefficient (Wildman–Crippen LogP) is 3.74. The van der Waals surface area contributed by atoms with Gasteiger partial charge in [-0.15, -0.1) is 21.5 Å². The summed E-state index contributed by atoms with van der Waals surface area (Å²) in [6.45, 7) is 2.44. The highest BCUT2D eigenvalue weighted by Gasteiger charge is 2.16. The Morgan fingerprint density at radius 2 is 2.00 bits per heavy atom. The van der Waals surface area contributed by atoms with Crippen molar-refractivity contribution in [2.24, 2.45) is 0 Å². The Hall–Kier alpha value is -2.71. The van der Waals surface area contributed by atoms with Gasteiger partial charge in [0.15, 0.2) is 0 Å². The molecule has 4 rings (SSSR count). The summed E-state index contributed by atoms with van der Waals surface area (Å²) < 4.78 is 4.24. The highest BCUT2D eigenvalue weighted by molar-refractivity contribution is 7.17. The van der Waals surface area contributed by atoms with Gasteiger partial charge < -0.3 is 5.32 Å². The van der Waals surface area contributed by atoms with Crippen LogP contribution < -0.4 is 10.9 Å². The number of nitrogens with one attached hydrogen (secondary N) is 1. The molecule has 7 nitrogen and oxygen atoms in total. The lowest BCUT2D eigenvalue weighted by molar-refractivity contribution is -0.116. The number of anilines is 1. The van der Waals surface area contributed by atoms with E-state index in [4.69, 9.17) is 11.6 Å². The van der Waals surface area contributed by atoms with E-state index in [9.17, 15) is 9.59 Å². The van der Waals surface area contributed by atoms with Gasteiger partial charge in [0.1, 0.15) is 10.5 Å². The molecule has 0 fully saturated rings. The first-order chi connectivity index (χ1) is 13.6. The Morgan fingerprint density at radius 1 is 1.21 bits per heavy atom. The van der Waals surface area contributed by atoms with Gasteiger partial charge in [0, 0.05) is 30.1 Å². The Morgan fingerprint density at radius 3 is 2.75 bits per heavy atom. The number of carbonyl (C=O) groups is 1. The monoisotopic (exact) mass is 415 g/mol. The van der Waals surface area contributed by atoms with Gasteiger partial charge in [-0.1, -0.05) is 11.6 Å². The Bertz CT molecular complexity index is 1210. The number of hydrogen-bond donors (Lipinski definition) is 1. The number of carbonyl (C=O) groups excluding carboxylic acids is 1. The van der Waals surface area contributed by atoms with Gasteiger partial charge in [-0.25, -0.2) is 0 Å². The third-order valence-electron chi connectivity index (χ3n) is 4.53. The molecule has 0 bridgehead atoms. The van der Waals surface area contributed by atoms with Crippen LogP contribution in [-0.2, 0) is 17.8 Å². The number of aryl methyl sites for hydroxylation is 2. The molecule has 3 heterocycles. The third-order valence-corrected chi connectivity index (χ3v) is 5.67. The quantitative estimate of drug-likeness (QED) is 0.520. The van der Waals surface area contributed by atoms with Crippen LogP contribution in [0.25, 0.3) is 16.0 Å². The van der Waals surface area contributed by atoms with E-state index in [2.05, 4.69) is 15.5 Å². The van der Waals surface area contributed by atoms with Crippen molar-refractivity contribution in [2.45, 2.75) is 32.7 Å². The third kappa shape index (κ3) is 3.41. The van der Waals surface area contributed by atoms with Crippen molar-refractivity contribution in [2.75, 3.05) is 5.32 Å². The van der Waals surface area contributed by atoms with Crippen molar-refractivity contribution < 1.29 is 4.79 Å². The molecule has 0 aliphatic rings. The van der Waals surface area contributed by atoms with Crippen LogP contribution >= 0.6 is 22.9 Å². The van der Waals surface area contributed by atoms with Crippen LogP contribution in [-0.4, -0.2) is 25.1 Å². The molecule has 0 aliphatic heterocycles. The SMILES string of the molecule is CCn1c(=O)c2sccc2n2c(CCCC(=O)Nc3ccc(Cl)cc3)nnc12. The topological polar surface area (TPSA) is 81.3 Å². The van der Waals surface area contributed by atoms with Gasteiger partial charge in [-0.2, -0.15) is 0 Å². The lowest BCUT2D eigenvalue weighted by Crippen LogP contribution is -2.21. The summed E-state index contributed by atoms with van der Waals surface area (Å²) in [6.07, 6.45) is 1.57. The molecule has 1 N–H and O–H groups in total. The Balaban J connectivity index is 1.51. The van der Waals surface area contributed by atoms with E-state index < -0.39 is 0 Å². The van der Waals surface area contributed by atoms with E-state index in [0.29, 0.717) is 47.0 Å². The minimum Gasteiger partial charge on any atom is -0.326 e. The summed E-state index contributed by atoms with van der Waals surface area (Å²) >= 11 is 7.27. The summed E-state index contributed by atoms with van der Waals surface area (Å²) in [7, 11) is 0. The number of halogens is 1. The Labute approximate surface area is 169 Å². The molecule has 0 saturated carbocycles. The molecular weight excluding hydrogens is 398 g/mol. The maximum atomic E-state index is 12.6. The van der Waals surface area contributed by atoms with Crippen molar-refractivity contribution in [1.82, 2.24) is 19.2 Å². The first-order valence-corrected chi connectivity index (χ1v) is 10.2. The number of hydrogen-bond acceptors (Lipinski definition) is 5. The average molecular weight is 416 g/mol. The second kappa shape index (κ2) is 7.73. The summed E-state index contributed by atoms with van der Waals surface area (Å²) in [6, 6.07) is 8.92. The summed E-state index contributed by atoms with van der Waals surface area (Å²) in [5, 5.41) is 13.9. The summed E-state index contributed by atoms with van der Waals surface area (Å²) in [5.74, 6) is 1.22. The zero-order chi connectivity index (χ0) is 19.7. The minimum absolute atomic E-state index is 0.0405. The molecular formula is C19H18ClN5O2S. The lowest BCUT2D eigenvalue weighted by atomic mass is 10.2. The fraction of sp³-hybridized carbons (Fsp3) is 0.263. The highest BCUT2D eigenvalue weighted by Crippen LogP contribution is 2.20. The number of thiophene rings is 1. The van der Waals surface area contributed by atoms with Crippen molar-refractivity contribution in [3.8, 4) is 0 Å². The van der Waals surface area contributed by atoms with Crippen LogP contribution in [0.3, 0.4) is 0 Å². The number of benzene rings is 1. The maximum Gasteiger partial charge on any atom is 0.272 e. The van der Waals surface area contributed by atoms with E-state index in [-0.39, 0.29) is 11.5 Å². The number of rotatable bonds is 6. The molecule has 0 spiro atoms. The first kappa shape index (κ1) is 18.6. The van der Waals surface area contributed by atoms with Gasteiger partial charge in [0.2, 0.25) is 11.7 Å². The zero-order valence-corrected chi connectivity index (χ0v) is 16.8. The average Bonchev–Trinajstić information content (AvgIpc) is 3.31. The maximum absolute atomic E-state index is 12.6. The van der Waals surface area contributed by atoms with Gasteiger partial charge in [0.05, 0.1) is 5.52 Å². The number of fused-ring (bicyclic) bond motifs is 3. The fourth-order valence-corrected chi connectivity index (χ4v) is 4.14. The van der Waals surface area contributed by atoms with E-state index >= 15 is 0 Å². The molecule has 0 aliphatic carbocycles. The highest BCUT2D eigenvalue weighted by atomic mass is 35.5. The molecule has 0 unspecified atom stereocenters. The molecule has 1 aromatic carbocycles. The molecule has 4 aromatic rings. The molecule has 3 aromatic heterocycles. The standard InChI is InChI=1S/C19H18ClN5O2S/c1-2-24-18(27)17-14(10-11-28-17)25-15(22-23-19(24)25)4-3-5-16(26)21-13-8-6-12(20)7-9-13/h6-11H,2-5H2,1H3,(H,21,26). The van der Waals surface area contributed by atoms with Gasteiger partial charge in [0.25, 0.3) is 5.56 Å². The zero-order valence-electron chi connectivity index (χ0n) is 15.2. The number of amides is 1. The van der Waals surface area contributed by atoms with E-state index in [1.807, 2.05) is 22.8 Å². The molecule has 0 radical (unpaired) electrons. The molecule has 0 saturated heterocycles. The second-order valence-corrected chi connectivity index (χ2v) is 7.70. The molecule has 144 valence electrons. The van der Waals surface area contributed by atoms with E-state index in [0.717, 1.165) is 11.3 Å². The van der Waals surface area contributed by atoms with Crippen LogP contribution in [0.1, 0.15) is 25.6 Å². The second-order valence-electron chi connectivity index (χ2n) is 6.34.